The first-order valence-electron chi connectivity index (χ1n) is 8.34. The van der Waals surface area contributed by atoms with Gasteiger partial charge in [0.2, 0.25) is 5.91 Å². The highest BCUT2D eigenvalue weighted by molar-refractivity contribution is 6.33. The van der Waals surface area contributed by atoms with Crippen LogP contribution in [0.25, 0.3) is 0 Å². The van der Waals surface area contributed by atoms with Gasteiger partial charge in [0.15, 0.2) is 0 Å². The van der Waals surface area contributed by atoms with Crippen LogP contribution in [0, 0.1) is 13.8 Å². The molecule has 2 aromatic rings. The third kappa shape index (κ3) is 5.77. The van der Waals surface area contributed by atoms with Crippen LogP contribution >= 0.6 is 11.6 Å². The molecule has 0 radical (unpaired) electrons. The Bertz CT molecular complexity index is 772. The molecule has 0 atom stereocenters. The second kappa shape index (κ2) is 9.25. The molecule has 2 amide bonds. The summed E-state index contributed by atoms with van der Waals surface area (Å²) in [4.78, 5) is 25.7. The summed E-state index contributed by atoms with van der Waals surface area (Å²) in [5, 5.41) is 2.94. The first-order chi connectivity index (χ1) is 12.4. The number of hydrogen-bond donors (Lipinski definition) is 1. The first kappa shape index (κ1) is 19.8. The van der Waals surface area contributed by atoms with Crippen molar-refractivity contribution in [1.82, 2.24) is 10.2 Å². The lowest BCUT2D eigenvalue weighted by atomic mass is 10.1. The van der Waals surface area contributed by atoms with Gasteiger partial charge in [-0.25, -0.2) is 0 Å². The number of ether oxygens (including phenoxy) is 1. The second-order valence-electron chi connectivity index (χ2n) is 6.15. The van der Waals surface area contributed by atoms with Gasteiger partial charge >= 0.3 is 0 Å². The molecule has 6 heteroatoms. The number of hydrogen-bond acceptors (Lipinski definition) is 3. The van der Waals surface area contributed by atoms with Gasteiger partial charge in [-0.3, -0.25) is 9.59 Å². The summed E-state index contributed by atoms with van der Waals surface area (Å²) >= 11 is 5.97. The monoisotopic (exact) mass is 374 g/mol. The smallest absolute Gasteiger partial charge is 0.253 e. The molecule has 0 saturated carbocycles. The molecule has 0 fully saturated rings. The normalized spacial score (nSPS) is 10.3. The zero-order chi connectivity index (χ0) is 19.1. The highest BCUT2D eigenvalue weighted by Crippen LogP contribution is 2.16. The van der Waals surface area contributed by atoms with Gasteiger partial charge in [0.25, 0.3) is 5.91 Å². The van der Waals surface area contributed by atoms with Gasteiger partial charge in [-0.05, 0) is 49.2 Å². The molecule has 0 aliphatic carbocycles. The Morgan fingerprint density at radius 1 is 1.12 bits per heavy atom. The zero-order valence-electron chi connectivity index (χ0n) is 15.2. The maximum Gasteiger partial charge on any atom is 0.253 e. The Morgan fingerprint density at radius 3 is 2.42 bits per heavy atom. The Balaban J connectivity index is 1.77. The Hall–Kier alpha value is -2.53. The maximum absolute atomic E-state index is 12.1. The molecule has 5 nitrogen and oxygen atoms in total. The van der Waals surface area contributed by atoms with Crippen LogP contribution in [-0.2, 0) is 4.79 Å². The van der Waals surface area contributed by atoms with Crippen molar-refractivity contribution in [1.29, 1.82) is 0 Å². The summed E-state index contributed by atoms with van der Waals surface area (Å²) in [6.07, 6.45) is 0. The standard InChI is InChI=1S/C20H23ClN2O3/c1-14-10-15(2)12-16(11-14)26-9-8-23(3)19(24)13-22-20(25)17-6-4-5-7-18(17)21/h4-7,10-12H,8-9,13H2,1-3H3,(H,22,25). The molecule has 0 unspecified atom stereocenters. The topological polar surface area (TPSA) is 58.6 Å². The van der Waals surface area contributed by atoms with E-state index < -0.39 is 0 Å². The minimum absolute atomic E-state index is 0.0931. The molecule has 1 N–H and O–H groups in total. The fraction of sp³-hybridized carbons (Fsp3) is 0.300. The van der Waals surface area contributed by atoms with Gasteiger partial charge in [-0.15, -0.1) is 0 Å². The van der Waals surface area contributed by atoms with Crippen molar-refractivity contribution in [2.45, 2.75) is 13.8 Å². The largest absolute Gasteiger partial charge is 0.492 e. The van der Waals surface area contributed by atoms with E-state index in [2.05, 4.69) is 11.4 Å². The number of nitrogens with one attached hydrogen (secondary N) is 1. The van der Waals surface area contributed by atoms with Gasteiger partial charge in [0, 0.05) is 7.05 Å². The number of carbonyl (C=O) groups excluding carboxylic acids is 2. The van der Waals surface area contributed by atoms with Gasteiger partial charge in [0.05, 0.1) is 23.7 Å². The van der Waals surface area contributed by atoms with E-state index in [1.165, 1.54) is 4.90 Å². The lowest BCUT2D eigenvalue weighted by molar-refractivity contribution is -0.129. The molecule has 0 aliphatic heterocycles. The number of amides is 2. The highest BCUT2D eigenvalue weighted by atomic mass is 35.5. The summed E-state index contributed by atoms with van der Waals surface area (Å²) in [7, 11) is 1.68. The first-order valence-corrected chi connectivity index (χ1v) is 8.72. The molecule has 26 heavy (non-hydrogen) atoms. The van der Waals surface area contributed by atoms with E-state index in [4.69, 9.17) is 16.3 Å². The molecule has 2 rings (SSSR count). The molecule has 138 valence electrons. The number of benzene rings is 2. The van der Waals surface area contributed by atoms with Crippen LogP contribution in [-0.4, -0.2) is 43.5 Å². The van der Waals surface area contributed by atoms with Gasteiger partial charge in [0.1, 0.15) is 12.4 Å². The Morgan fingerprint density at radius 2 is 1.77 bits per heavy atom. The molecule has 0 aromatic heterocycles. The fourth-order valence-electron chi connectivity index (χ4n) is 2.47. The molecule has 2 aromatic carbocycles. The lowest BCUT2D eigenvalue weighted by Crippen LogP contribution is -2.39. The summed E-state index contributed by atoms with van der Waals surface area (Å²) in [6.45, 7) is 4.73. The van der Waals surface area contributed by atoms with Crippen molar-refractivity contribution in [3.05, 3.63) is 64.2 Å². The van der Waals surface area contributed by atoms with Crippen LogP contribution < -0.4 is 10.1 Å². The third-order valence-electron chi connectivity index (χ3n) is 3.84. The predicted octanol–water partition coefficient (Wildman–Crippen LogP) is 3.22. The van der Waals surface area contributed by atoms with Crippen LogP contribution in [0.15, 0.2) is 42.5 Å². The van der Waals surface area contributed by atoms with E-state index in [0.29, 0.717) is 23.7 Å². The molecule has 0 saturated heterocycles. The molecular weight excluding hydrogens is 352 g/mol. The van der Waals surface area contributed by atoms with Crippen LogP contribution in [0.5, 0.6) is 5.75 Å². The highest BCUT2D eigenvalue weighted by Gasteiger charge is 2.13. The van der Waals surface area contributed by atoms with Crippen molar-refractivity contribution < 1.29 is 14.3 Å². The van der Waals surface area contributed by atoms with Crippen molar-refractivity contribution in [3.8, 4) is 5.75 Å². The van der Waals surface area contributed by atoms with Gasteiger partial charge < -0.3 is 15.0 Å². The number of rotatable bonds is 7. The lowest BCUT2D eigenvalue weighted by Gasteiger charge is -2.18. The summed E-state index contributed by atoms with van der Waals surface area (Å²) in [5.41, 5.74) is 2.61. The van der Waals surface area contributed by atoms with Crippen LogP contribution in [0.3, 0.4) is 0 Å². The van der Waals surface area contributed by atoms with Crippen LogP contribution in [0.4, 0.5) is 0 Å². The minimum Gasteiger partial charge on any atom is -0.492 e. The van der Waals surface area contributed by atoms with Crippen molar-refractivity contribution >= 4 is 23.4 Å². The number of halogens is 1. The second-order valence-corrected chi connectivity index (χ2v) is 6.56. The SMILES string of the molecule is Cc1cc(C)cc(OCCN(C)C(=O)CNC(=O)c2ccccc2Cl)c1. The molecule has 0 spiro atoms. The summed E-state index contributed by atoms with van der Waals surface area (Å²) < 4.78 is 5.70. The van der Waals surface area contributed by atoms with E-state index in [0.717, 1.165) is 16.9 Å². The van der Waals surface area contributed by atoms with Crippen molar-refractivity contribution in [2.24, 2.45) is 0 Å². The fourth-order valence-corrected chi connectivity index (χ4v) is 2.69. The number of carbonyl (C=O) groups is 2. The van der Waals surface area contributed by atoms with E-state index in [-0.39, 0.29) is 18.4 Å². The molecule has 0 heterocycles. The number of likely N-dealkylation sites (N-methyl/N-ethyl adjacent to an activating group) is 1. The van der Waals surface area contributed by atoms with E-state index >= 15 is 0 Å². The minimum atomic E-state index is -0.371. The quantitative estimate of drug-likeness (QED) is 0.809. The van der Waals surface area contributed by atoms with Gasteiger partial charge in [-0.1, -0.05) is 29.8 Å². The van der Waals surface area contributed by atoms with Crippen molar-refractivity contribution in [2.75, 3.05) is 26.7 Å². The van der Waals surface area contributed by atoms with Crippen LogP contribution in [0.1, 0.15) is 21.5 Å². The Labute approximate surface area is 158 Å². The molecule has 0 aliphatic rings. The van der Waals surface area contributed by atoms with Gasteiger partial charge in [-0.2, -0.15) is 0 Å². The average Bonchev–Trinajstić information content (AvgIpc) is 2.58. The average molecular weight is 375 g/mol. The maximum atomic E-state index is 12.1. The predicted molar refractivity (Wildman–Crippen MR) is 103 cm³/mol. The van der Waals surface area contributed by atoms with E-state index in [1.54, 1.807) is 31.3 Å². The number of aryl methyl sites for hydroxylation is 2. The third-order valence-corrected chi connectivity index (χ3v) is 4.16. The summed E-state index contributed by atoms with van der Waals surface area (Å²) in [6, 6.07) is 12.7. The van der Waals surface area contributed by atoms with Crippen LogP contribution in [0.2, 0.25) is 5.02 Å². The molecule has 0 bridgehead atoms. The number of nitrogens with zero attached hydrogens (tertiary/aromatic N) is 1. The molecular formula is C20H23ClN2O3. The summed E-state index contributed by atoms with van der Waals surface area (Å²) in [5.74, 6) is 0.216. The Kier molecular flexibility index (Phi) is 7.04. The zero-order valence-corrected chi connectivity index (χ0v) is 16.0. The van der Waals surface area contributed by atoms with Crippen molar-refractivity contribution in [3.63, 3.8) is 0 Å². The van der Waals surface area contributed by atoms with E-state index in [9.17, 15) is 9.59 Å². The van der Waals surface area contributed by atoms with E-state index in [1.807, 2.05) is 26.0 Å².